The highest BCUT2D eigenvalue weighted by Gasteiger charge is 2.36. The second-order valence-corrected chi connectivity index (χ2v) is 9.04. The van der Waals surface area contributed by atoms with Gasteiger partial charge >= 0.3 is 5.97 Å². The topological polar surface area (TPSA) is 121 Å². The van der Waals surface area contributed by atoms with Gasteiger partial charge in [-0.15, -0.1) is 0 Å². The molecule has 3 N–H and O–H groups in total. The summed E-state index contributed by atoms with van der Waals surface area (Å²) in [6.45, 7) is 5.25. The van der Waals surface area contributed by atoms with Crippen LogP contribution in [-0.4, -0.2) is 36.5 Å². The molecular weight excluding hydrogens is 502 g/mol. The molecule has 2 aromatic carbocycles. The largest absolute Gasteiger partial charge is 0.504 e. The number of phenolic OH excluding ortho intramolecular Hbond substituents is 1. The van der Waals surface area contributed by atoms with Gasteiger partial charge in [0.05, 0.1) is 41.0 Å². The van der Waals surface area contributed by atoms with Crippen molar-refractivity contribution >= 4 is 40.9 Å². The maximum absolute atomic E-state index is 13.0. The summed E-state index contributed by atoms with van der Waals surface area (Å²) in [5, 5.41) is 26.9. The maximum Gasteiger partial charge on any atom is 0.337 e. The van der Waals surface area contributed by atoms with Crippen LogP contribution in [0.25, 0.3) is 0 Å². The average molecular weight is 526 g/mol. The van der Waals surface area contributed by atoms with E-state index < -0.39 is 11.9 Å². The third-order valence-electron chi connectivity index (χ3n) is 5.19. The molecular formula is C26H24ClN3O5S. The molecule has 36 heavy (non-hydrogen) atoms. The fourth-order valence-corrected chi connectivity index (χ4v) is 4.70. The van der Waals surface area contributed by atoms with Gasteiger partial charge in [0.25, 0.3) is 0 Å². The van der Waals surface area contributed by atoms with E-state index in [1.165, 1.54) is 19.3 Å². The third-order valence-corrected chi connectivity index (χ3v) is 6.45. The molecule has 0 bridgehead atoms. The van der Waals surface area contributed by atoms with Crippen LogP contribution in [0.5, 0.6) is 11.5 Å². The second kappa shape index (κ2) is 12.2. The van der Waals surface area contributed by atoms with E-state index in [1.54, 1.807) is 43.3 Å². The van der Waals surface area contributed by atoms with Gasteiger partial charge in [0.15, 0.2) is 11.5 Å². The van der Waals surface area contributed by atoms with Crippen molar-refractivity contribution in [1.82, 2.24) is 5.32 Å². The number of nitrogens with zero attached hydrogens (tertiary/aromatic N) is 1. The SMILES string of the molecule is C=CCOC(=O)C1=C(C)NC(SCC(=O)Nc2cccc(Cl)c2)=C(C#N)C1c1ccc(O)c(OC)c1. The third kappa shape index (κ3) is 6.22. The Labute approximate surface area is 218 Å². The fourth-order valence-electron chi connectivity index (χ4n) is 3.62. The minimum atomic E-state index is -0.818. The highest BCUT2D eigenvalue weighted by atomic mass is 35.5. The first kappa shape index (κ1) is 26.7. The highest BCUT2D eigenvalue weighted by molar-refractivity contribution is 8.03. The number of anilines is 1. The normalized spacial score (nSPS) is 15.0. The number of hydrogen-bond acceptors (Lipinski definition) is 8. The molecule has 2 aromatic rings. The van der Waals surface area contributed by atoms with Crippen molar-refractivity contribution in [1.29, 1.82) is 5.26 Å². The highest BCUT2D eigenvalue weighted by Crippen LogP contribution is 2.43. The van der Waals surface area contributed by atoms with Crippen molar-refractivity contribution in [3.63, 3.8) is 0 Å². The number of methoxy groups -OCH3 is 1. The van der Waals surface area contributed by atoms with Crippen molar-refractivity contribution in [3.8, 4) is 17.6 Å². The number of carbonyl (C=O) groups excluding carboxylic acids is 2. The Kier molecular flexibility index (Phi) is 9.06. The molecule has 186 valence electrons. The van der Waals surface area contributed by atoms with Crippen LogP contribution in [0.4, 0.5) is 5.69 Å². The molecule has 0 saturated carbocycles. The zero-order valence-electron chi connectivity index (χ0n) is 19.6. The first-order chi connectivity index (χ1) is 17.3. The van der Waals surface area contributed by atoms with E-state index in [1.807, 2.05) is 0 Å². The van der Waals surface area contributed by atoms with Crippen LogP contribution < -0.4 is 15.4 Å². The van der Waals surface area contributed by atoms with Crippen molar-refractivity contribution in [2.45, 2.75) is 12.8 Å². The first-order valence-corrected chi connectivity index (χ1v) is 12.1. The van der Waals surface area contributed by atoms with Gasteiger partial charge < -0.3 is 25.2 Å². The van der Waals surface area contributed by atoms with Crippen molar-refractivity contribution in [2.24, 2.45) is 0 Å². The summed E-state index contributed by atoms with van der Waals surface area (Å²) in [7, 11) is 1.41. The van der Waals surface area contributed by atoms with E-state index in [-0.39, 0.29) is 40.9 Å². The number of ether oxygens (including phenoxy) is 2. The van der Waals surface area contributed by atoms with Crippen LogP contribution in [0.1, 0.15) is 18.4 Å². The van der Waals surface area contributed by atoms with Gasteiger partial charge in [-0.3, -0.25) is 4.79 Å². The van der Waals surface area contributed by atoms with Gasteiger partial charge in [-0.2, -0.15) is 5.26 Å². The lowest BCUT2D eigenvalue weighted by molar-refractivity contribution is -0.138. The molecule has 0 saturated heterocycles. The monoisotopic (exact) mass is 525 g/mol. The van der Waals surface area contributed by atoms with Crippen molar-refractivity contribution in [2.75, 3.05) is 24.8 Å². The molecule has 1 aliphatic heterocycles. The zero-order valence-corrected chi connectivity index (χ0v) is 21.2. The molecule has 1 aliphatic rings. The van der Waals surface area contributed by atoms with Crippen LogP contribution in [0.15, 0.2) is 77.0 Å². The van der Waals surface area contributed by atoms with E-state index in [2.05, 4.69) is 23.3 Å². The molecule has 1 heterocycles. The number of benzene rings is 2. The summed E-state index contributed by atoms with van der Waals surface area (Å²) >= 11 is 7.10. The molecule has 0 spiro atoms. The smallest absolute Gasteiger partial charge is 0.337 e. The van der Waals surface area contributed by atoms with Crippen LogP contribution in [0.2, 0.25) is 5.02 Å². The van der Waals surface area contributed by atoms with Gasteiger partial charge in [-0.05, 0) is 42.8 Å². The number of rotatable bonds is 9. The number of dihydropyridines is 1. The number of carbonyl (C=O) groups is 2. The summed E-state index contributed by atoms with van der Waals surface area (Å²) in [4.78, 5) is 25.5. The van der Waals surface area contributed by atoms with Gasteiger partial charge in [0, 0.05) is 16.4 Å². The number of halogens is 1. The predicted molar refractivity (Wildman–Crippen MR) is 140 cm³/mol. The van der Waals surface area contributed by atoms with Gasteiger partial charge in [-0.25, -0.2) is 4.79 Å². The van der Waals surface area contributed by atoms with E-state index in [9.17, 15) is 20.0 Å². The van der Waals surface area contributed by atoms with Crippen LogP contribution in [0.3, 0.4) is 0 Å². The summed E-state index contributed by atoms with van der Waals surface area (Å²) < 4.78 is 10.5. The Morgan fingerprint density at radius 1 is 1.33 bits per heavy atom. The molecule has 1 unspecified atom stereocenters. The number of nitriles is 1. The summed E-state index contributed by atoms with van der Waals surface area (Å²) in [5.41, 5.74) is 2.01. The standard InChI is InChI=1S/C26H24ClN3O5S/c1-4-10-35-26(33)23-15(2)29-25(36-14-22(32)30-18-7-5-6-17(27)12-18)19(13-28)24(23)16-8-9-20(31)21(11-16)34-3/h4-9,11-12,24,29,31H,1,10,14H2,2-3H3,(H,30,32). The Morgan fingerprint density at radius 2 is 2.11 bits per heavy atom. The lowest BCUT2D eigenvalue weighted by Gasteiger charge is -2.29. The molecule has 0 aromatic heterocycles. The van der Waals surface area contributed by atoms with E-state index in [0.29, 0.717) is 27.0 Å². The van der Waals surface area contributed by atoms with Crippen molar-refractivity contribution in [3.05, 3.63) is 87.6 Å². The zero-order chi connectivity index (χ0) is 26.2. The van der Waals surface area contributed by atoms with Crippen LogP contribution in [-0.2, 0) is 14.3 Å². The van der Waals surface area contributed by atoms with E-state index >= 15 is 0 Å². The minimum absolute atomic E-state index is 0.00187. The van der Waals surface area contributed by atoms with Crippen LogP contribution in [0, 0.1) is 11.3 Å². The number of esters is 1. The molecule has 8 nitrogen and oxygen atoms in total. The number of allylic oxidation sites excluding steroid dienone is 2. The molecule has 0 fully saturated rings. The van der Waals surface area contributed by atoms with Crippen molar-refractivity contribution < 1.29 is 24.2 Å². The second-order valence-electron chi connectivity index (χ2n) is 7.62. The lowest BCUT2D eigenvalue weighted by atomic mass is 9.82. The first-order valence-electron chi connectivity index (χ1n) is 10.7. The number of nitrogens with one attached hydrogen (secondary N) is 2. The summed E-state index contributed by atoms with van der Waals surface area (Å²) in [6, 6.07) is 13.5. The van der Waals surface area contributed by atoms with Crippen LogP contribution >= 0.6 is 23.4 Å². The molecule has 3 rings (SSSR count). The molecule has 0 radical (unpaired) electrons. The molecule has 1 atom stereocenters. The van der Waals surface area contributed by atoms with E-state index in [4.69, 9.17) is 21.1 Å². The Hall–Kier alpha value is -3.87. The Balaban J connectivity index is 1.95. The number of amides is 1. The quantitative estimate of drug-likeness (QED) is 0.314. The number of hydrogen-bond donors (Lipinski definition) is 3. The Morgan fingerprint density at radius 3 is 2.78 bits per heavy atom. The molecule has 10 heteroatoms. The maximum atomic E-state index is 13.0. The van der Waals surface area contributed by atoms with Gasteiger partial charge in [0.1, 0.15) is 6.61 Å². The predicted octanol–water partition coefficient (Wildman–Crippen LogP) is 4.85. The lowest BCUT2D eigenvalue weighted by Crippen LogP contribution is -2.29. The fraction of sp³-hybridized carbons (Fsp3) is 0.192. The molecule has 1 amide bonds. The summed E-state index contributed by atoms with van der Waals surface area (Å²) in [5.74, 6) is -1.63. The number of thioether (sulfide) groups is 1. The number of phenols is 1. The van der Waals surface area contributed by atoms with E-state index in [0.717, 1.165) is 11.8 Å². The van der Waals surface area contributed by atoms with Gasteiger partial charge in [-0.1, -0.05) is 48.2 Å². The molecule has 0 aliphatic carbocycles. The summed E-state index contributed by atoms with van der Waals surface area (Å²) in [6.07, 6.45) is 1.45. The average Bonchev–Trinajstić information content (AvgIpc) is 2.85. The number of aromatic hydroxyl groups is 1. The Bertz CT molecular complexity index is 1300. The minimum Gasteiger partial charge on any atom is -0.504 e. The van der Waals surface area contributed by atoms with Gasteiger partial charge in [0.2, 0.25) is 5.91 Å².